The van der Waals surface area contributed by atoms with Crippen molar-refractivity contribution in [3.8, 4) is 0 Å². The maximum absolute atomic E-state index is 4.85. The number of aromatic nitrogens is 2. The van der Waals surface area contributed by atoms with E-state index in [0.717, 1.165) is 24.6 Å². The smallest absolute Gasteiger partial charge is 0.206 e. The van der Waals surface area contributed by atoms with Crippen LogP contribution in [-0.2, 0) is 7.05 Å². The monoisotopic (exact) mass is 286 g/mol. The Kier molecular flexibility index (Phi) is 3.66. The summed E-state index contributed by atoms with van der Waals surface area (Å²) in [5, 5.41) is 3.64. The fraction of sp³-hybridized carbons (Fsp3) is 0.588. The molecule has 0 bridgehead atoms. The molecule has 4 nitrogen and oxygen atoms in total. The summed E-state index contributed by atoms with van der Waals surface area (Å²) in [5.74, 6) is 1.11. The molecule has 21 heavy (non-hydrogen) atoms. The largest absolute Gasteiger partial charge is 0.338 e. The molecule has 1 aliphatic rings. The Bertz CT molecular complexity index is 623. The van der Waals surface area contributed by atoms with E-state index in [1.165, 1.54) is 18.4 Å². The molecule has 1 aromatic heterocycles. The first-order valence-corrected chi connectivity index (χ1v) is 7.89. The van der Waals surface area contributed by atoms with E-state index in [9.17, 15) is 0 Å². The Balaban J connectivity index is 1.85. The van der Waals surface area contributed by atoms with E-state index in [-0.39, 0.29) is 5.54 Å². The average molecular weight is 286 g/mol. The van der Waals surface area contributed by atoms with Crippen molar-refractivity contribution < 1.29 is 0 Å². The molecule has 0 saturated carbocycles. The number of aryl methyl sites for hydroxylation is 1. The minimum Gasteiger partial charge on any atom is -0.338 e. The van der Waals surface area contributed by atoms with Gasteiger partial charge in [0.15, 0.2) is 0 Å². The summed E-state index contributed by atoms with van der Waals surface area (Å²) in [6, 6.07) is 8.92. The van der Waals surface area contributed by atoms with E-state index in [0.29, 0.717) is 6.04 Å². The van der Waals surface area contributed by atoms with Gasteiger partial charge in [-0.2, -0.15) is 0 Å². The molecule has 1 unspecified atom stereocenters. The van der Waals surface area contributed by atoms with Gasteiger partial charge in [0.2, 0.25) is 5.95 Å². The highest BCUT2D eigenvalue weighted by atomic mass is 15.3. The fourth-order valence-electron chi connectivity index (χ4n) is 3.12. The normalized spacial score (nSPS) is 19.6. The second kappa shape index (κ2) is 5.34. The van der Waals surface area contributed by atoms with Crippen molar-refractivity contribution in [3.63, 3.8) is 0 Å². The van der Waals surface area contributed by atoms with Crippen LogP contribution in [0.1, 0.15) is 33.6 Å². The predicted molar refractivity (Wildman–Crippen MR) is 88.8 cm³/mol. The number of anilines is 1. The molecule has 0 radical (unpaired) electrons. The lowest BCUT2D eigenvalue weighted by molar-refractivity contribution is 0.403. The van der Waals surface area contributed by atoms with Crippen molar-refractivity contribution in [1.29, 1.82) is 0 Å². The number of benzene rings is 1. The molecule has 1 saturated heterocycles. The standard InChI is InChI=1S/C17H26N4/c1-17(2,3)18-12-13-8-7-11-21(13)16-19-14-9-5-6-10-15(14)20(16)4/h5-6,9-10,13,18H,7-8,11-12H2,1-4H3. The van der Waals surface area contributed by atoms with Gasteiger partial charge in [-0.25, -0.2) is 4.98 Å². The van der Waals surface area contributed by atoms with E-state index >= 15 is 0 Å². The van der Waals surface area contributed by atoms with Crippen LogP contribution in [0.5, 0.6) is 0 Å². The van der Waals surface area contributed by atoms with Gasteiger partial charge in [-0.3, -0.25) is 0 Å². The first-order chi connectivity index (χ1) is 9.96. The van der Waals surface area contributed by atoms with Crippen LogP contribution in [0.15, 0.2) is 24.3 Å². The average Bonchev–Trinajstić information content (AvgIpc) is 3.01. The van der Waals surface area contributed by atoms with Crippen LogP contribution in [0.4, 0.5) is 5.95 Å². The van der Waals surface area contributed by atoms with Gasteiger partial charge in [-0.1, -0.05) is 12.1 Å². The molecule has 1 fully saturated rings. The summed E-state index contributed by atoms with van der Waals surface area (Å²) in [6.07, 6.45) is 2.49. The maximum Gasteiger partial charge on any atom is 0.206 e. The number of imidazole rings is 1. The second-order valence-electron chi connectivity index (χ2n) is 7.08. The molecule has 0 aliphatic carbocycles. The number of fused-ring (bicyclic) bond motifs is 1. The van der Waals surface area contributed by atoms with Crippen LogP contribution in [-0.4, -0.2) is 34.2 Å². The zero-order chi connectivity index (χ0) is 15.0. The van der Waals surface area contributed by atoms with Crippen molar-refractivity contribution in [1.82, 2.24) is 14.9 Å². The van der Waals surface area contributed by atoms with Gasteiger partial charge in [0.05, 0.1) is 11.0 Å². The quantitative estimate of drug-likeness (QED) is 0.942. The van der Waals surface area contributed by atoms with Gasteiger partial charge in [0.1, 0.15) is 0 Å². The number of nitrogens with one attached hydrogen (secondary N) is 1. The molecule has 0 amide bonds. The lowest BCUT2D eigenvalue weighted by Crippen LogP contribution is -2.45. The highest BCUT2D eigenvalue weighted by molar-refractivity contribution is 5.78. The van der Waals surface area contributed by atoms with Crippen LogP contribution < -0.4 is 10.2 Å². The molecule has 1 aliphatic heterocycles. The fourth-order valence-corrected chi connectivity index (χ4v) is 3.12. The Morgan fingerprint density at radius 1 is 1.29 bits per heavy atom. The number of hydrogen-bond donors (Lipinski definition) is 1. The molecule has 3 rings (SSSR count). The summed E-state index contributed by atoms with van der Waals surface area (Å²) in [6.45, 7) is 8.80. The third-order valence-electron chi connectivity index (χ3n) is 4.27. The third-order valence-corrected chi connectivity index (χ3v) is 4.27. The Morgan fingerprint density at radius 3 is 2.76 bits per heavy atom. The van der Waals surface area contributed by atoms with E-state index in [1.807, 2.05) is 0 Å². The van der Waals surface area contributed by atoms with Crippen molar-refractivity contribution in [2.45, 2.75) is 45.2 Å². The molecule has 1 atom stereocenters. The van der Waals surface area contributed by atoms with Crippen LogP contribution in [0.2, 0.25) is 0 Å². The molecule has 4 heteroatoms. The molecular weight excluding hydrogens is 260 g/mol. The van der Waals surface area contributed by atoms with Crippen LogP contribution >= 0.6 is 0 Å². The minimum atomic E-state index is 0.167. The third kappa shape index (κ3) is 2.91. The number of nitrogens with zero attached hydrogens (tertiary/aromatic N) is 3. The van der Waals surface area contributed by atoms with Gasteiger partial charge in [-0.05, 0) is 45.7 Å². The van der Waals surface area contributed by atoms with Crippen molar-refractivity contribution >= 4 is 17.0 Å². The predicted octanol–water partition coefficient (Wildman–Crippen LogP) is 2.93. The van der Waals surface area contributed by atoms with E-state index < -0.39 is 0 Å². The number of rotatable bonds is 3. The highest BCUT2D eigenvalue weighted by Crippen LogP contribution is 2.27. The van der Waals surface area contributed by atoms with Gasteiger partial charge in [-0.15, -0.1) is 0 Å². The van der Waals surface area contributed by atoms with Crippen molar-refractivity contribution in [3.05, 3.63) is 24.3 Å². The van der Waals surface area contributed by atoms with Crippen molar-refractivity contribution in [2.75, 3.05) is 18.0 Å². The summed E-state index contributed by atoms with van der Waals surface area (Å²) < 4.78 is 2.23. The summed E-state index contributed by atoms with van der Waals surface area (Å²) in [5.41, 5.74) is 2.46. The Morgan fingerprint density at radius 2 is 2.05 bits per heavy atom. The molecule has 1 aromatic carbocycles. The molecular formula is C17H26N4. The Labute approximate surface area is 127 Å². The molecule has 2 aromatic rings. The van der Waals surface area contributed by atoms with Crippen LogP contribution in [0, 0.1) is 0 Å². The van der Waals surface area contributed by atoms with Gasteiger partial charge in [0, 0.05) is 31.7 Å². The minimum absolute atomic E-state index is 0.167. The van der Waals surface area contributed by atoms with E-state index in [2.05, 4.69) is 66.9 Å². The molecule has 114 valence electrons. The zero-order valence-electron chi connectivity index (χ0n) is 13.6. The van der Waals surface area contributed by atoms with Gasteiger partial charge >= 0.3 is 0 Å². The number of para-hydroxylation sites is 2. The van der Waals surface area contributed by atoms with E-state index in [1.54, 1.807) is 0 Å². The van der Waals surface area contributed by atoms with Crippen molar-refractivity contribution in [2.24, 2.45) is 7.05 Å². The Hall–Kier alpha value is -1.55. The maximum atomic E-state index is 4.85. The second-order valence-corrected chi connectivity index (χ2v) is 7.08. The van der Waals surface area contributed by atoms with Crippen LogP contribution in [0.25, 0.3) is 11.0 Å². The zero-order valence-corrected chi connectivity index (χ0v) is 13.6. The molecule has 0 spiro atoms. The van der Waals surface area contributed by atoms with E-state index in [4.69, 9.17) is 4.98 Å². The van der Waals surface area contributed by atoms with Crippen LogP contribution in [0.3, 0.4) is 0 Å². The topological polar surface area (TPSA) is 33.1 Å². The highest BCUT2D eigenvalue weighted by Gasteiger charge is 2.28. The SMILES string of the molecule is Cn1c(N2CCCC2CNC(C)(C)C)nc2ccccc21. The number of hydrogen-bond acceptors (Lipinski definition) is 3. The molecule has 2 heterocycles. The summed E-state index contributed by atoms with van der Waals surface area (Å²) in [7, 11) is 2.12. The molecule has 1 N–H and O–H groups in total. The lowest BCUT2D eigenvalue weighted by atomic mass is 10.1. The van der Waals surface area contributed by atoms with Gasteiger partial charge in [0.25, 0.3) is 0 Å². The first kappa shape index (κ1) is 14.4. The summed E-state index contributed by atoms with van der Waals surface area (Å²) >= 11 is 0. The van der Waals surface area contributed by atoms with Gasteiger partial charge < -0.3 is 14.8 Å². The summed E-state index contributed by atoms with van der Waals surface area (Å²) in [4.78, 5) is 7.32. The first-order valence-electron chi connectivity index (χ1n) is 7.89. The lowest BCUT2D eigenvalue weighted by Gasteiger charge is -2.29.